The molecule has 2 aliphatic rings. The summed E-state index contributed by atoms with van der Waals surface area (Å²) < 4.78 is 6.98. The highest BCUT2D eigenvalue weighted by atomic mass is 35.5. The fraction of sp³-hybridized carbons (Fsp3) is 0.370. The predicted molar refractivity (Wildman–Crippen MR) is 147 cm³/mol. The third kappa shape index (κ3) is 4.67. The van der Waals surface area contributed by atoms with Gasteiger partial charge < -0.3 is 14.8 Å². The Labute approximate surface area is 235 Å². The number of nitrogens with zero attached hydrogens (tertiary/aromatic N) is 6. The van der Waals surface area contributed by atoms with E-state index >= 15 is 0 Å². The second-order valence-corrected chi connectivity index (χ2v) is 11.2. The lowest BCUT2D eigenvalue weighted by Gasteiger charge is -2.40. The first-order chi connectivity index (χ1) is 18.9. The monoisotopic (exact) mass is 567 g/mol. The third-order valence-electron chi connectivity index (χ3n) is 7.05. The SMILES string of the molecule is CN1C(=O)N(Cc2cc3c(Cl)cccc3n2C(=O)OC(C)(C)C)C(=O)C2C1NC(C(=NO)c1ccncc1)N2C. The van der Waals surface area contributed by atoms with Crippen LogP contribution < -0.4 is 5.32 Å². The number of carbonyl (C=O) groups is 3. The molecule has 4 heterocycles. The first-order valence-electron chi connectivity index (χ1n) is 12.6. The first kappa shape index (κ1) is 27.6. The summed E-state index contributed by atoms with van der Waals surface area (Å²) in [5, 5.41) is 17.6. The minimum Gasteiger partial charge on any atom is -0.443 e. The standard InChI is InChI=1S/C27H30ClN7O5/c1-27(2,3)40-26(38)35-16(13-17-18(28)7-6-8-19(17)35)14-34-24(36)21-23(33(5)25(34)37)30-22(32(21)4)20(31-39)15-9-11-29-12-10-15/h6-13,21-23,30,39H,14H2,1-5H3. The van der Waals surface area contributed by atoms with E-state index in [2.05, 4.69) is 15.5 Å². The molecule has 12 nitrogen and oxygen atoms in total. The maximum atomic E-state index is 13.9. The summed E-state index contributed by atoms with van der Waals surface area (Å²) in [5.41, 5.74) is 0.977. The molecular weight excluding hydrogens is 538 g/mol. The molecule has 0 bridgehead atoms. The summed E-state index contributed by atoms with van der Waals surface area (Å²) in [7, 11) is 3.30. The van der Waals surface area contributed by atoms with E-state index in [0.29, 0.717) is 27.2 Å². The fourth-order valence-electron chi connectivity index (χ4n) is 5.21. The number of aromatic nitrogens is 2. The molecule has 0 radical (unpaired) electrons. The number of amides is 3. The van der Waals surface area contributed by atoms with E-state index < -0.39 is 42.0 Å². The van der Waals surface area contributed by atoms with Crippen molar-refractivity contribution in [2.24, 2.45) is 5.16 Å². The van der Waals surface area contributed by atoms with Gasteiger partial charge in [-0.05, 0) is 58.2 Å². The Hall–Kier alpha value is -4.00. The third-order valence-corrected chi connectivity index (χ3v) is 7.38. The van der Waals surface area contributed by atoms with Gasteiger partial charge in [-0.15, -0.1) is 0 Å². The van der Waals surface area contributed by atoms with Crippen LogP contribution in [-0.4, -0.2) is 91.3 Å². The van der Waals surface area contributed by atoms with Crippen LogP contribution in [0.25, 0.3) is 10.9 Å². The molecule has 1 aromatic carbocycles. The van der Waals surface area contributed by atoms with E-state index in [4.69, 9.17) is 16.3 Å². The van der Waals surface area contributed by atoms with Crippen LogP contribution in [0.1, 0.15) is 32.0 Å². The summed E-state index contributed by atoms with van der Waals surface area (Å²) in [6, 6.07) is 8.86. The summed E-state index contributed by atoms with van der Waals surface area (Å²) in [6.45, 7) is 5.07. The zero-order chi connectivity index (χ0) is 28.9. The molecule has 3 atom stereocenters. The quantitative estimate of drug-likeness (QED) is 0.279. The maximum Gasteiger partial charge on any atom is 0.419 e. The minimum atomic E-state index is -0.797. The van der Waals surface area contributed by atoms with Crippen molar-refractivity contribution in [3.8, 4) is 0 Å². The number of carbonyl (C=O) groups excluding carboxylic acids is 3. The number of hydrogen-bond acceptors (Lipinski definition) is 9. The zero-order valence-corrected chi connectivity index (χ0v) is 23.5. The van der Waals surface area contributed by atoms with Crippen LogP contribution in [0.3, 0.4) is 0 Å². The van der Waals surface area contributed by atoms with Crippen molar-refractivity contribution < 1.29 is 24.3 Å². The van der Waals surface area contributed by atoms with Crippen molar-refractivity contribution >= 4 is 46.2 Å². The number of benzene rings is 1. The number of imide groups is 1. The number of oxime groups is 1. The number of rotatable bonds is 4. The molecule has 3 amide bonds. The Kier molecular flexibility index (Phi) is 7.02. The molecule has 2 fully saturated rings. The Morgan fingerprint density at radius 3 is 2.52 bits per heavy atom. The van der Waals surface area contributed by atoms with Gasteiger partial charge >= 0.3 is 12.1 Å². The van der Waals surface area contributed by atoms with E-state index in [1.165, 1.54) is 9.47 Å². The molecular formula is C27H30ClN7O5. The van der Waals surface area contributed by atoms with Crippen molar-refractivity contribution in [3.05, 3.63) is 65.1 Å². The molecule has 0 spiro atoms. The molecule has 3 aromatic rings. The number of urea groups is 1. The number of fused-ring (bicyclic) bond motifs is 2. The molecule has 2 saturated heterocycles. The van der Waals surface area contributed by atoms with Crippen LogP contribution >= 0.6 is 11.6 Å². The number of likely N-dealkylation sites (N-methyl/N-ethyl adjacent to an activating group) is 2. The van der Waals surface area contributed by atoms with Gasteiger partial charge in [-0.1, -0.05) is 22.8 Å². The summed E-state index contributed by atoms with van der Waals surface area (Å²) in [5.74, 6) is -0.468. The average Bonchev–Trinajstić information content (AvgIpc) is 3.44. The van der Waals surface area contributed by atoms with Crippen LogP contribution in [-0.2, 0) is 16.1 Å². The van der Waals surface area contributed by atoms with Gasteiger partial charge in [0.2, 0.25) is 0 Å². The topological polar surface area (TPSA) is 133 Å². The molecule has 0 saturated carbocycles. The molecule has 0 aliphatic carbocycles. The zero-order valence-electron chi connectivity index (χ0n) is 22.7. The Bertz CT molecular complexity index is 1520. The number of nitrogens with one attached hydrogen (secondary N) is 1. The van der Waals surface area contributed by atoms with Gasteiger partial charge in [-0.3, -0.25) is 24.9 Å². The summed E-state index contributed by atoms with van der Waals surface area (Å²) in [6.07, 6.45) is 1.13. The Balaban J connectivity index is 1.50. The lowest BCUT2D eigenvalue weighted by molar-refractivity contribution is -0.138. The van der Waals surface area contributed by atoms with Crippen molar-refractivity contribution in [3.63, 3.8) is 0 Å². The smallest absolute Gasteiger partial charge is 0.419 e. The van der Waals surface area contributed by atoms with Crippen LogP contribution in [0.4, 0.5) is 9.59 Å². The second kappa shape index (κ2) is 10.2. The van der Waals surface area contributed by atoms with E-state index in [1.807, 2.05) is 0 Å². The van der Waals surface area contributed by atoms with E-state index in [-0.39, 0.29) is 12.3 Å². The van der Waals surface area contributed by atoms with Gasteiger partial charge in [-0.25, -0.2) is 14.2 Å². The molecule has 2 aliphatic heterocycles. The van der Waals surface area contributed by atoms with Gasteiger partial charge in [0, 0.05) is 35.4 Å². The highest BCUT2D eigenvalue weighted by Gasteiger charge is 2.54. The summed E-state index contributed by atoms with van der Waals surface area (Å²) >= 11 is 6.43. The van der Waals surface area contributed by atoms with Crippen molar-refractivity contribution in [1.29, 1.82) is 0 Å². The van der Waals surface area contributed by atoms with Gasteiger partial charge in [-0.2, -0.15) is 0 Å². The van der Waals surface area contributed by atoms with E-state index in [0.717, 1.165) is 4.90 Å². The summed E-state index contributed by atoms with van der Waals surface area (Å²) in [4.78, 5) is 49.0. The number of pyridine rings is 1. The highest BCUT2D eigenvalue weighted by molar-refractivity contribution is 6.35. The molecule has 3 unspecified atom stereocenters. The number of halogens is 1. The number of hydrogen-bond donors (Lipinski definition) is 2. The largest absolute Gasteiger partial charge is 0.443 e. The normalized spacial score (nSPS) is 22.2. The lowest BCUT2D eigenvalue weighted by Crippen LogP contribution is -2.65. The number of ether oxygens (including phenoxy) is 1. The minimum absolute atomic E-state index is 0.195. The first-order valence-corrected chi connectivity index (χ1v) is 13.0. The van der Waals surface area contributed by atoms with Gasteiger partial charge in [0.1, 0.15) is 29.7 Å². The Morgan fingerprint density at radius 2 is 1.88 bits per heavy atom. The molecule has 2 aromatic heterocycles. The molecule has 210 valence electrons. The van der Waals surface area contributed by atoms with Gasteiger partial charge in [0.15, 0.2) is 0 Å². The van der Waals surface area contributed by atoms with Crippen molar-refractivity contribution in [1.82, 2.24) is 29.6 Å². The predicted octanol–water partition coefficient (Wildman–Crippen LogP) is 3.30. The lowest BCUT2D eigenvalue weighted by atomic mass is 10.1. The van der Waals surface area contributed by atoms with E-state index in [1.54, 1.807) is 88.6 Å². The molecule has 2 N–H and O–H groups in total. The highest BCUT2D eigenvalue weighted by Crippen LogP contribution is 2.32. The van der Waals surface area contributed by atoms with Crippen molar-refractivity contribution in [2.45, 2.75) is 51.3 Å². The van der Waals surface area contributed by atoms with Gasteiger partial charge in [0.05, 0.1) is 17.8 Å². The van der Waals surface area contributed by atoms with Crippen molar-refractivity contribution in [2.75, 3.05) is 14.1 Å². The van der Waals surface area contributed by atoms with Crippen LogP contribution in [0.2, 0.25) is 5.02 Å². The van der Waals surface area contributed by atoms with Gasteiger partial charge in [0.25, 0.3) is 5.91 Å². The van der Waals surface area contributed by atoms with E-state index in [9.17, 15) is 19.6 Å². The molecule has 5 rings (SSSR count). The molecule has 40 heavy (non-hydrogen) atoms. The molecule has 13 heteroatoms. The average molecular weight is 568 g/mol. The fourth-order valence-corrected chi connectivity index (χ4v) is 5.44. The van der Waals surface area contributed by atoms with Crippen LogP contribution in [0, 0.1) is 0 Å². The second-order valence-electron chi connectivity index (χ2n) is 10.8. The maximum absolute atomic E-state index is 13.9. The van der Waals surface area contributed by atoms with Crippen LogP contribution in [0.15, 0.2) is 53.9 Å². The Morgan fingerprint density at radius 1 is 1.18 bits per heavy atom. The van der Waals surface area contributed by atoms with Crippen LogP contribution in [0.5, 0.6) is 0 Å².